The average Bonchev–Trinajstić information content (AvgIpc) is 2.83. The predicted octanol–water partition coefficient (Wildman–Crippen LogP) is 1.80. The smallest absolute Gasteiger partial charge is 0.326 e. The van der Waals surface area contributed by atoms with Crippen molar-refractivity contribution in [3.8, 4) is 0 Å². The second-order valence-corrected chi connectivity index (χ2v) is 5.53. The Morgan fingerprint density at radius 1 is 1.41 bits per heavy atom. The Labute approximate surface area is 128 Å². The molecule has 1 amide bonds. The van der Waals surface area contributed by atoms with Crippen LogP contribution in [0.2, 0.25) is 0 Å². The molecule has 0 unspecified atom stereocenters. The summed E-state index contributed by atoms with van der Waals surface area (Å²) < 4.78 is 0. The molecule has 0 radical (unpaired) electrons. The molecule has 0 bridgehead atoms. The number of aryl methyl sites for hydroxylation is 2. The molecule has 0 saturated heterocycles. The zero-order chi connectivity index (χ0) is 16.4. The Morgan fingerprint density at radius 3 is 2.68 bits per heavy atom. The van der Waals surface area contributed by atoms with E-state index in [1.165, 1.54) is 0 Å². The number of nitrogens with one attached hydrogen (secondary N) is 2. The molecule has 7 heteroatoms. The number of fused-ring (bicyclic) bond motifs is 1. The zero-order valence-corrected chi connectivity index (χ0v) is 13.1. The van der Waals surface area contributed by atoms with Crippen LogP contribution in [0.3, 0.4) is 0 Å². The largest absolute Gasteiger partial charge is 0.480 e. The zero-order valence-electron chi connectivity index (χ0n) is 13.1. The Bertz CT molecular complexity index is 723. The first kappa shape index (κ1) is 15.9. The summed E-state index contributed by atoms with van der Waals surface area (Å²) in [6, 6.07) is 0.726. The Kier molecular flexibility index (Phi) is 4.44. The van der Waals surface area contributed by atoms with E-state index in [1.807, 2.05) is 6.92 Å². The molecule has 0 spiro atoms. The molecule has 0 saturated carbocycles. The van der Waals surface area contributed by atoms with Crippen LogP contribution in [0.25, 0.3) is 11.0 Å². The highest BCUT2D eigenvalue weighted by Gasteiger charge is 2.27. The molecule has 0 aliphatic carbocycles. The number of carbonyl (C=O) groups is 2. The highest BCUT2D eigenvalue weighted by molar-refractivity contribution is 6.07. The van der Waals surface area contributed by atoms with Gasteiger partial charge in [-0.25, -0.2) is 9.78 Å². The normalized spacial score (nSPS) is 13.8. The fourth-order valence-corrected chi connectivity index (χ4v) is 2.38. The Balaban J connectivity index is 2.41. The van der Waals surface area contributed by atoms with Gasteiger partial charge in [0.1, 0.15) is 6.04 Å². The number of carboxylic acids is 1. The number of pyridine rings is 1. The van der Waals surface area contributed by atoms with E-state index in [9.17, 15) is 14.7 Å². The van der Waals surface area contributed by atoms with Crippen molar-refractivity contribution in [2.45, 2.75) is 40.2 Å². The van der Waals surface area contributed by atoms with Crippen LogP contribution in [0.1, 0.15) is 42.0 Å². The van der Waals surface area contributed by atoms with E-state index in [-0.39, 0.29) is 5.92 Å². The first-order valence-electron chi connectivity index (χ1n) is 7.21. The van der Waals surface area contributed by atoms with Gasteiger partial charge in [0.15, 0.2) is 5.65 Å². The maximum atomic E-state index is 12.6. The van der Waals surface area contributed by atoms with Crippen molar-refractivity contribution in [1.29, 1.82) is 0 Å². The van der Waals surface area contributed by atoms with Gasteiger partial charge in [-0.3, -0.25) is 9.89 Å². The van der Waals surface area contributed by atoms with Crippen molar-refractivity contribution in [2.75, 3.05) is 0 Å². The molecule has 118 valence electrons. The van der Waals surface area contributed by atoms with Gasteiger partial charge >= 0.3 is 5.97 Å². The first-order chi connectivity index (χ1) is 10.3. The van der Waals surface area contributed by atoms with E-state index in [2.05, 4.69) is 20.5 Å². The topological polar surface area (TPSA) is 108 Å². The number of hydrogen-bond donors (Lipinski definition) is 3. The van der Waals surface area contributed by atoms with Gasteiger partial charge in [-0.15, -0.1) is 0 Å². The number of carbonyl (C=O) groups excluding carboxylic acids is 1. The summed E-state index contributed by atoms with van der Waals surface area (Å²) in [5, 5.41) is 19.4. The SMILES string of the molecule is CC[C@H](C)[C@H](NC(=O)c1cc(C)nc2n[nH]c(C)c12)C(=O)O. The van der Waals surface area contributed by atoms with Crippen LogP contribution in [0.15, 0.2) is 6.07 Å². The van der Waals surface area contributed by atoms with Gasteiger partial charge in [-0.05, 0) is 25.8 Å². The average molecular weight is 304 g/mol. The fraction of sp³-hybridized carbons (Fsp3) is 0.467. The highest BCUT2D eigenvalue weighted by atomic mass is 16.4. The van der Waals surface area contributed by atoms with Gasteiger partial charge in [0.05, 0.1) is 10.9 Å². The molecule has 2 atom stereocenters. The summed E-state index contributed by atoms with van der Waals surface area (Å²) >= 11 is 0. The molecule has 0 aliphatic rings. The number of amides is 1. The fourth-order valence-electron chi connectivity index (χ4n) is 2.38. The minimum absolute atomic E-state index is 0.162. The van der Waals surface area contributed by atoms with Crippen LogP contribution < -0.4 is 5.32 Å². The summed E-state index contributed by atoms with van der Waals surface area (Å²) in [5.74, 6) is -1.62. The molecule has 0 aliphatic heterocycles. The van der Waals surface area contributed by atoms with Crippen LogP contribution in [0.4, 0.5) is 0 Å². The number of carboxylic acid groups (broad SMARTS) is 1. The third-order valence-corrected chi connectivity index (χ3v) is 3.84. The Morgan fingerprint density at radius 2 is 2.09 bits per heavy atom. The number of aromatic amines is 1. The quantitative estimate of drug-likeness (QED) is 0.780. The molecular formula is C15H20N4O3. The van der Waals surface area contributed by atoms with Crippen molar-refractivity contribution >= 4 is 22.9 Å². The lowest BCUT2D eigenvalue weighted by Gasteiger charge is -2.20. The minimum Gasteiger partial charge on any atom is -0.480 e. The number of aromatic nitrogens is 3. The van der Waals surface area contributed by atoms with Gasteiger partial charge in [0.25, 0.3) is 5.91 Å². The predicted molar refractivity (Wildman–Crippen MR) is 81.7 cm³/mol. The number of rotatable bonds is 5. The lowest BCUT2D eigenvalue weighted by molar-refractivity contribution is -0.140. The minimum atomic E-state index is -1.03. The van der Waals surface area contributed by atoms with Gasteiger partial charge in [0.2, 0.25) is 0 Å². The van der Waals surface area contributed by atoms with Crippen LogP contribution in [0.5, 0.6) is 0 Å². The molecule has 2 heterocycles. The molecule has 0 aromatic carbocycles. The molecule has 3 N–H and O–H groups in total. The molecule has 2 aromatic heterocycles. The van der Waals surface area contributed by atoms with Gasteiger partial charge in [-0.2, -0.15) is 5.10 Å². The third kappa shape index (κ3) is 2.93. The monoisotopic (exact) mass is 304 g/mol. The van der Waals surface area contributed by atoms with E-state index < -0.39 is 17.9 Å². The standard InChI is InChI=1S/C15H20N4O3/c1-5-7(2)12(15(21)22)17-14(20)10-6-8(3)16-13-11(10)9(4)18-19-13/h6-7,12H,5H2,1-4H3,(H,17,20)(H,21,22)(H,16,18,19)/t7-,12-/m0/s1. The van der Waals surface area contributed by atoms with Crippen LogP contribution in [-0.2, 0) is 4.79 Å². The number of nitrogens with zero attached hydrogens (tertiary/aromatic N) is 2. The van der Waals surface area contributed by atoms with Crippen molar-refractivity contribution in [2.24, 2.45) is 5.92 Å². The third-order valence-electron chi connectivity index (χ3n) is 3.84. The molecule has 7 nitrogen and oxygen atoms in total. The summed E-state index contributed by atoms with van der Waals surface area (Å²) in [6.45, 7) is 7.26. The maximum Gasteiger partial charge on any atom is 0.326 e. The van der Waals surface area contributed by atoms with E-state index in [0.29, 0.717) is 28.7 Å². The summed E-state index contributed by atoms with van der Waals surface area (Å²) in [5.41, 5.74) is 2.23. The van der Waals surface area contributed by atoms with Crippen molar-refractivity contribution in [3.05, 3.63) is 23.0 Å². The van der Waals surface area contributed by atoms with Crippen LogP contribution in [0, 0.1) is 19.8 Å². The highest BCUT2D eigenvalue weighted by Crippen LogP contribution is 2.20. The first-order valence-corrected chi connectivity index (χ1v) is 7.21. The second kappa shape index (κ2) is 6.13. The number of H-pyrrole nitrogens is 1. The lowest BCUT2D eigenvalue weighted by atomic mass is 9.98. The second-order valence-electron chi connectivity index (χ2n) is 5.53. The van der Waals surface area contributed by atoms with Gasteiger partial charge in [-0.1, -0.05) is 20.3 Å². The molecule has 2 rings (SSSR count). The molecule has 2 aromatic rings. The maximum absolute atomic E-state index is 12.6. The van der Waals surface area contributed by atoms with Crippen molar-refractivity contribution in [3.63, 3.8) is 0 Å². The van der Waals surface area contributed by atoms with E-state index in [0.717, 1.165) is 5.69 Å². The van der Waals surface area contributed by atoms with Crippen LogP contribution >= 0.6 is 0 Å². The van der Waals surface area contributed by atoms with Gasteiger partial charge < -0.3 is 10.4 Å². The number of hydrogen-bond acceptors (Lipinski definition) is 4. The summed E-state index contributed by atoms with van der Waals surface area (Å²) in [7, 11) is 0. The van der Waals surface area contributed by atoms with Gasteiger partial charge in [0, 0.05) is 11.4 Å². The number of aliphatic carboxylic acids is 1. The Hall–Kier alpha value is -2.44. The lowest BCUT2D eigenvalue weighted by Crippen LogP contribution is -2.45. The summed E-state index contributed by atoms with van der Waals surface area (Å²) in [4.78, 5) is 28.2. The molecule has 0 fully saturated rings. The molecule has 22 heavy (non-hydrogen) atoms. The van der Waals surface area contributed by atoms with E-state index in [4.69, 9.17) is 0 Å². The van der Waals surface area contributed by atoms with Crippen LogP contribution in [-0.4, -0.2) is 38.2 Å². The van der Waals surface area contributed by atoms with E-state index >= 15 is 0 Å². The molecular weight excluding hydrogens is 284 g/mol. The van der Waals surface area contributed by atoms with E-state index in [1.54, 1.807) is 26.8 Å². The van der Waals surface area contributed by atoms with Crippen molar-refractivity contribution < 1.29 is 14.7 Å². The van der Waals surface area contributed by atoms with Crippen molar-refractivity contribution in [1.82, 2.24) is 20.5 Å². The summed E-state index contributed by atoms with van der Waals surface area (Å²) in [6.07, 6.45) is 0.659.